The summed E-state index contributed by atoms with van der Waals surface area (Å²) in [6.07, 6.45) is 5.51. The van der Waals surface area contributed by atoms with E-state index in [1.54, 1.807) is 0 Å². The van der Waals surface area contributed by atoms with Crippen molar-refractivity contribution in [1.29, 1.82) is 0 Å². The monoisotopic (exact) mass is 293 g/mol. The van der Waals surface area contributed by atoms with Crippen LogP contribution in [0, 0.1) is 5.82 Å². The third-order valence-electron chi connectivity index (χ3n) is 5.16. The fourth-order valence-corrected chi connectivity index (χ4v) is 3.83. The third-order valence-corrected chi connectivity index (χ3v) is 5.16. The first-order valence-electron chi connectivity index (χ1n) is 8.12. The molecular formula is C17H28FN3. The van der Waals surface area contributed by atoms with E-state index in [-0.39, 0.29) is 17.4 Å². The number of hydrazine groups is 1. The second-order valence-corrected chi connectivity index (χ2v) is 6.05. The summed E-state index contributed by atoms with van der Waals surface area (Å²) in [5, 5.41) is 0. The van der Waals surface area contributed by atoms with Gasteiger partial charge in [0.05, 0.1) is 0 Å². The molecule has 3 nitrogen and oxygen atoms in total. The Balaban J connectivity index is 2.20. The summed E-state index contributed by atoms with van der Waals surface area (Å²) in [7, 11) is 0. The molecule has 1 aliphatic rings. The number of nitrogens with zero attached hydrogens (tertiary/aromatic N) is 1. The summed E-state index contributed by atoms with van der Waals surface area (Å²) in [5.74, 6) is 5.72. The highest BCUT2D eigenvalue weighted by molar-refractivity contribution is 5.19. The minimum absolute atomic E-state index is 0.0830. The van der Waals surface area contributed by atoms with E-state index in [0.717, 1.165) is 37.9 Å². The largest absolute Gasteiger partial charge is 0.296 e. The van der Waals surface area contributed by atoms with Crippen LogP contribution in [0.1, 0.15) is 45.1 Å². The molecule has 3 N–H and O–H groups in total. The van der Waals surface area contributed by atoms with Crippen molar-refractivity contribution >= 4 is 0 Å². The van der Waals surface area contributed by atoms with Crippen LogP contribution in [0.2, 0.25) is 0 Å². The van der Waals surface area contributed by atoms with E-state index in [9.17, 15) is 4.39 Å². The van der Waals surface area contributed by atoms with Crippen molar-refractivity contribution in [1.82, 2.24) is 10.3 Å². The first-order chi connectivity index (χ1) is 10.2. The number of likely N-dealkylation sites (tertiary alicyclic amines) is 1. The highest BCUT2D eigenvalue weighted by Gasteiger charge is 2.41. The number of halogens is 1. The zero-order valence-corrected chi connectivity index (χ0v) is 13.2. The van der Waals surface area contributed by atoms with Crippen LogP contribution < -0.4 is 11.3 Å². The molecule has 21 heavy (non-hydrogen) atoms. The molecule has 0 bridgehead atoms. The second kappa shape index (κ2) is 7.34. The SMILES string of the molecule is CCC(CC)(C(Cc1ccc(F)cc1)NN)N1CCCC1. The molecule has 118 valence electrons. The molecule has 0 aliphatic carbocycles. The van der Waals surface area contributed by atoms with Crippen molar-refractivity contribution in [3.05, 3.63) is 35.6 Å². The molecule has 1 saturated heterocycles. The topological polar surface area (TPSA) is 41.3 Å². The Morgan fingerprint density at radius 1 is 1.19 bits per heavy atom. The number of nitrogens with one attached hydrogen (secondary N) is 1. The van der Waals surface area contributed by atoms with Crippen LogP contribution in [0.15, 0.2) is 24.3 Å². The average molecular weight is 293 g/mol. The minimum Gasteiger partial charge on any atom is -0.296 e. The summed E-state index contributed by atoms with van der Waals surface area (Å²) < 4.78 is 13.1. The van der Waals surface area contributed by atoms with E-state index in [2.05, 4.69) is 24.2 Å². The van der Waals surface area contributed by atoms with Gasteiger partial charge >= 0.3 is 0 Å². The maximum absolute atomic E-state index is 13.1. The van der Waals surface area contributed by atoms with Crippen molar-refractivity contribution < 1.29 is 4.39 Å². The number of benzene rings is 1. The number of nitrogens with two attached hydrogens (primary N) is 1. The summed E-state index contributed by atoms with van der Waals surface area (Å²) in [4.78, 5) is 2.60. The molecule has 0 amide bonds. The minimum atomic E-state index is -0.187. The van der Waals surface area contributed by atoms with Crippen LogP contribution in [0.25, 0.3) is 0 Å². The van der Waals surface area contributed by atoms with Gasteiger partial charge in [-0.25, -0.2) is 4.39 Å². The molecule has 1 aromatic rings. The van der Waals surface area contributed by atoms with Gasteiger partial charge < -0.3 is 0 Å². The Labute approximate surface area is 127 Å². The maximum atomic E-state index is 13.1. The molecule has 1 atom stereocenters. The average Bonchev–Trinajstić information content (AvgIpc) is 3.04. The lowest BCUT2D eigenvalue weighted by molar-refractivity contribution is 0.0620. The van der Waals surface area contributed by atoms with E-state index in [1.807, 2.05) is 12.1 Å². The van der Waals surface area contributed by atoms with Gasteiger partial charge in [0.2, 0.25) is 0 Å². The Morgan fingerprint density at radius 2 is 1.76 bits per heavy atom. The van der Waals surface area contributed by atoms with E-state index in [4.69, 9.17) is 5.84 Å². The van der Waals surface area contributed by atoms with Crippen LogP contribution in [0.4, 0.5) is 4.39 Å². The maximum Gasteiger partial charge on any atom is 0.123 e. The predicted molar refractivity (Wildman–Crippen MR) is 85.3 cm³/mol. The van der Waals surface area contributed by atoms with Gasteiger partial charge in [-0.1, -0.05) is 26.0 Å². The van der Waals surface area contributed by atoms with Crippen LogP contribution in [0.5, 0.6) is 0 Å². The first-order valence-corrected chi connectivity index (χ1v) is 8.12. The lowest BCUT2D eigenvalue weighted by Crippen LogP contribution is -2.62. The zero-order valence-electron chi connectivity index (χ0n) is 13.2. The van der Waals surface area contributed by atoms with Gasteiger partial charge in [0, 0.05) is 11.6 Å². The summed E-state index contributed by atoms with van der Waals surface area (Å²) in [6.45, 7) is 6.81. The molecule has 0 aromatic heterocycles. The normalized spacial score (nSPS) is 18.1. The molecule has 1 aromatic carbocycles. The van der Waals surface area contributed by atoms with Gasteiger partial charge in [-0.15, -0.1) is 0 Å². The fourth-order valence-electron chi connectivity index (χ4n) is 3.83. The lowest BCUT2D eigenvalue weighted by Gasteiger charge is -2.46. The van der Waals surface area contributed by atoms with Crippen LogP contribution in [-0.2, 0) is 6.42 Å². The first kappa shape index (κ1) is 16.4. The smallest absolute Gasteiger partial charge is 0.123 e. The second-order valence-electron chi connectivity index (χ2n) is 6.05. The number of hydrogen-bond acceptors (Lipinski definition) is 3. The van der Waals surface area contributed by atoms with Crippen molar-refractivity contribution in [2.75, 3.05) is 13.1 Å². The molecule has 1 heterocycles. The lowest BCUT2D eigenvalue weighted by atomic mass is 9.80. The van der Waals surface area contributed by atoms with Gasteiger partial charge in [-0.3, -0.25) is 16.2 Å². The highest BCUT2D eigenvalue weighted by atomic mass is 19.1. The van der Waals surface area contributed by atoms with Gasteiger partial charge in [0.15, 0.2) is 0 Å². The van der Waals surface area contributed by atoms with Crippen molar-refractivity contribution in [2.24, 2.45) is 5.84 Å². The Hall–Kier alpha value is -0.970. The molecule has 4 heteroatoms. The quantitative estimate of drug-likeness (QED) is 0.600. The van der Waals surface area contributed by atoms with E-state index in [0.29, 0.717) is 0 Å². The van der Waals surface area contributed by atoms with E-state index >= 15 is 0 Å². The van der Waals surface area contributed by atoms with Gasteiger partial charge in [0.1, 0.15) is 5.82 Å². The molecule has 0 spiro atoms. The zero-order chi connectivity index (χ0) is 15.3. The fraction of sp³-hybridized carbons (Fsp3) is 0.647. The van der Waals surface area contributed by atoms with E-state index in [1.165, 1.54) is 25.0 Å². The van der Waals surface area contributed by atoms with Gasteiger partial charge in [-0.2, -0.15) is 0 Å². The molecule has 1 aliphatic heterocycles. The van der Waals surface area contributed by atoms with E-state index < -0.39 is 0 Å². The molecule has 1 unspecified atom stereocenters. The summed E-state index contributed by atoms with van der Waals surface area (Å²) >= 11 is 0. The predicted octanol–water partition coefficient (Wildman–Crippen LogP) is 2.85. The molecule has 2 rings (SSSR count). The van der Waals surface area contributed by atoms with Crippen molar-refractivity contribution in [2.45, 2.75) is 57.5 Å². The van der Waals surface area contributed by atoms with Crippen LogP contribution in [-0.4, -0.2) is 29.6 Å². The third kappa shape index (κ3) is 3.44. The summed E-state index contributed by atoms with van der Waals surface area (Å²) in [6, 6.07) is 6.95. The highest BCUT2D eigenvalue weighted by Crippen LogP contribution is 2.32. The Bertz CT molecular complexity index is 422. The summed E-state index contributed by atoms with van der Waals surface area (Å²) in [5.41, 5.74) is 4.26. The Morgan fingerprint density at radius 3 is 2.24 bits per heavy atom. The van der Waals surface area contributed by atoms with Gasteiger partial charge in [0.25, 0.3) is 0 Å². The molecule has 0 radical (unpaired) electrons. The van der Waals surface area contributed by atoms with Gasteiger partial charge in [-0.05, 0) is 62.9 Å². The molecule has 1 fully saturated rings. The molecular weight excluding hydrogens is 265 g/mol. The molecule has 0 saturated carbocycles. The van der Waals surface area contributed by atoms with Crippen molar-refractivity contribution in [3.63, 3.8) is 0 Å². The van der Waals surface area contributed by atoms with Crippen LogP contribution >= 0.6 is 0 Å². The number of hydrogen-bond donors (Lipinski definition) is 2. The number of rotatable bonds is 7. The Kier molecular flexibility index (Phi) is 5.73. The van der Waals surface area contributed by atoms with Crippen molar-refractivity contribution in [3.8, 4) is 0 Å². The van der Waals surface area contributed by atoms with Crippen LogP contribution in [0.3, 0.4) is 0 Å². The standard InChI is InChI=1S/C17H28FN3/c1-3-17(4-2,21-11-5-6-12-21)16(20-19)13-14-7-9-15(18)10-8-14/h7-10,16,20H,3-6,11-13,19H2,1-2H3.